The molecule has 0 aliphatic heterocycles. The minimum atomic E-state index is -0.307. The third-order valence-electron chi connectivity index (χ3n) is 2.17. The van der Waals surface area contributed by atoms with Gasteiger partial charge in [-0.3, -0.25) is 9.36 Å². The van der Waals surface area contributed by atoms with Gasteiger partial charge in [-0.25, -0.2) is 4.79 Å². The summed E-state index contributed by atoms with van der Waals surface area (Å²) < 4.78 is 1.25. The predicted octanol–water partition coefficient (Wildman–Crippen LogP) is 1.41. The van der Waals surface area contributed by atoms with E-state index < -0.39 is 0 Å². The molecule has 5 heteroatoms. The number of alkyl halides is 1. The van der Waals surface area contributed by atoms with Gasteiger partial charge < -0.3 is 4.98 Å². The summed E-state index contributed by atoms with van der Waals surface area (Å²) in [5.41, 5.74) is 0.0932. The van der Waals surface area contributed by atoms with E-state index in [0.29, 0.717) is 12.2 Å². The van der Waals surface area contributed by atoms with E-state index in [9.17, 15) is 9.59 Å². The lowest BCUT2D eigenvalue weighted by molar-refractivity contribution is 0.563. The molecule has 1 aromatic heterocycles. The molecule has 0 aliphatic rings. The van der Waals surface area contributed by atoms with Gasteiger partial charge >= 0.3 is 5.69 Å². The van der Waals surface area contributed by atoms with Crippen LogP contribution in [0.4, 0.5) is 0 Å². The first-order valence-corrected chi connectivity index (χ1v) is 6.14. The van der Waals surface area contributed by atoms with E-state index >= 15 is 0 Å². The number of aromatic nitrogens is 2. The Morgan fingerprint density at radius 3 is 2.67 bits per heavy atom. The molecule has 0 aliphatic carbocycles. The van der Waals surface area contributed by atoms with Gasteiger partial charge in [0.15, 0.2) is 0 Å². The number of unbranched alkanes of at least 4 members (excludes halogenated alkanes) is 2. The largest absolute Gasteiger partial charge is 0.328 e. The number of halogens is 1. The highest BCUT2D eigenvalue weighted by Gasteiger charge is 2.01. The second kappa shape index (κ2) is 5.90. The maximum absolute atomic E-state index is 11.5. The fraction of sp³-hybridized carbons (Fsp3) is 0.600. The van der Waals surface area contributed by atoms with Gasteiger partial charge in [0, 0.05) is 23.6 Å². The molecule has 4 nitrogen and oxygen atoms in total. The monoisotopic (exact) mass is 274 g/mol. The summed E-state index contributed by atoms with van der Waals surface area (Å²) in [5, 5.41) is 0.964. The number of hydrogen-bond donors (Lipinski definition) is 1. The Morgan fingerprint density at radius 1 is 1.33 bits per heavy atom. The smallest absolute Gasteiger partial charge is 0.311 e. The van der Waals surface area contributed by atoms with Crippen LogP contribution in [0.25, 0.3) is 0 Å². The topological polar surface area (TPSA) is 54.9 Å². The maximum atomic E-state index is 11.5. The Kier molecular flexibility index (Phi) is 4.81. The number of aromatic amines is 1. The molecule has 1 N–H and O–H groups in total. The maximum Gasteiger partial charge on any atom is 0.328 e. The number of aryl methyl sites for hydroxylation is 1. The molecule has 0 bridgehead atoms. The average Bonchev–Trinajstić information content (AvgIpc) is 2.15. The van der Waals surface area contributed by atoms with Crippen LogP contribution in [0.1, 0.15) is 25.0 Å². The van der Waals surface area contributed by atoms with Crippen molar-refractivity contribution in [3.63, 3.8) is 0 Å². The van der Waals surface area contributed by atoms with Crippen LogP contribution in [0.15, 0.2) is 15.7 Å². The molecule has 0 amide bonds. The van der Waals surface area contributed by atoms with Gasteiger partial charge in [0.25, 0.3) is 5.56 Å². The summed E-state index contributed by atoms with van der Waals surface area (Å²) in [4.78, 5) is 25.5. The number of nitrogens with zero attached hydrogens (tertiary/aromatic N) is 1. The standard InChI is InChI=1S/C10H15BrN2O2/c1-8-7-9(14)13(10(15)12-8)6-4-2-3-5-11/h7H,2-6H2,1H3,(H,12,15). The molecule has 0 fully saturated rings. The minimum Gasteiger partial charge on any atom is -0.311 e. The zero-order valence-corrected chi connectivity index (χ0v) is 10.3. The van der Waals surface area contributed by atoms with E-state index in [0.717, 1.165) is 24.6 Å². The van der Waals surface area contributed by atoms with Gasteiger partial charge in [0.05, 0.1) is 0 Å². The Bertz CT molecular complexity index is 391. The van der Waals surface area contributed by atoms with Gasteiger partial charge in [-0.05, 0) is 19.8 Å². The summed E-state index contributed by atoms with van der Waals surface area (Å²) in [7, 11) is 0. The molecular weight excluding hydrogens is 260 g/mol. The molecule has 0 saturated heterocycles. The van der Waals surface area contributed by atoms with Crippen molar-refractivity contribution in [2.75, 3.05) is 5.33 Å². The number of nitrogens with one attached hydrogen (secondary N) is 1. The van der Waals surface area contributed by atoms with Crippen LogP contribution in [0.5, 0.6) is 0 Å². The van der Waals surface area contributed by atoms with Crippen molar-refractivity contribution in [2.24, 2.45) is 0 Å². The first-order chi connectivity index (χ1) is 7.15. The molecule has 0 aromatic carbocycles. The zero-order chi connectivity index (χ0) is 11.3. The summed E-state index contributed by atoms with van der Waals surface area (Å²) in [6.45, 7) is 2.21. The van der Waals surface area contributed by atoms with Crippen molar-refractivity contribution < 1.29 is 0 Å². The van der Waals surface area contributed by atoms with Gasteiger partial charge in [0.1, 0.15) is 0 Å². The van der Waals surface area contributed by atoms with E-state index in [1.165, 1.54) is 10.6 Å². The van der Waals surface area contributed by atoms with Crippen molar-refractivity contribution in [1.82, 2.24) is 9.55 Å². The Labute approximate surface area is 96.5 Å². The fourth-order valence-corrected chi connectivity index (χ4v) is 1.78. The molecule has 0 saturated carbocycles. The van der Waals surface area contributed by atoms with E-state index in [1.807, 2.05) is 0 Å². The quantitative estimate of drug-likeness (QED) is 0.652. The molecule has 84 valence electrons. The zero-order valence-electron chi connectivity index (χ0n) is 8.75. The highest BCUT2D eigenvalue weighted by atomic mass is 79.9. The van der Waals surface area contributed by atoms with E-state index in [1.54, 1.807) is 6.92 Å². The third-order valence-corrected chi connectivity index (χ3v) is 2.73. The second-order valence-corrected chi connectivity index (χ2v) is 4.29. The van der Waals surface area contributed by atoms with Crippen LogP contribution in [0, 0.1) is 6.92 Å². The van der Waals surface area contributed by atoms with Crippen LogP contribution in [-0.4, -0.2) is 14.9 Å². The number of rotatable bonds is 5. The van der Waals surface area contributed by atoms with Crippen LogP contribution in [0.2, 0.25) is 0 Å². The van der Waals surface area contributed by atoms with Gasteiger partial charge in [-0.1, -0.05) is 22.4 Å². The van der Waals surface area contributed by atoms with Crippen molar-refractivity contribution in [3.05, 3.63) is 32.6 Å². The number of H-pyrrole nitrogens is 1. The molecule has 1 aromatic rings. The van der Waals surface area contributed by atoms with Gasteiger partial charge in [-0.2, -0.15) is 0 Å². The minimum absolute atomic E-state index is 0.213. The first kappa shape index (κ1) is 12.2. The van der Waals surface area contributed by atoms with E-state index in [-0.39, 0.29) is 11.2 Å². The lowest BCUT2D eigenvalue weighted by Gasteiger charge is -2.03. The molecule has 1 rings (SSSR count). The van der Waals surface area contributed by atoms with Crippen LogP contribution < -0.4 is 11.2 Å². The fourth-order valence-electron chi connectivity index (χ4n) is 1.39. The lowest BCUT2D eigenvalue weighted by Crippen LogP contribution is -2.35. The summed E-state index contributed by atoms with van der Waals surface area (Å²) in [6.07, 6.45) is 2.95. The molecule has 0 spiro atoms. The molecule has 1 heterocycles. The first-order valence-electron chi connectivity index (χ1n) is 5.02. The summed E-state index contributed by atoms with van der Waals surface area (Å²) in [6, 6.07) is 1.45. The van der Waals surface area contributed by atoms with Crippen molar-refractivity contribution >= 4 is 15.9 Å². The van der Waals surface area contributed by atoms with Crippen LogP contribution in [0.3, 0.4) is 0 Å². The normalized spacial score (nSPS) is 10.5. The summed E-state index contributed by atoms with van der Waals surface area (Å²) in [5.74, 6) is 0. The highest BCUT2D eigenvalue weighted by molar-refractivity contribution is 9.09. The number of hydrogen-bond acceptors (Lipinski definition) is 2. The van der Waals surface area contributed by atoms with Crippen molar-refractivity contribution in [1.29, 1.82) is 0 Å². The van der Waals surface area contributed by atoms with Crippen LogP contribution in [-0.2, 0) is 6.54 Å². The predicted molar refractivity (Wildman–Crippen MR) is 63.7 cm³/mol. The second-order valence-electron chi connectivity index (χ2n) is 3.50. The molecular formula is C10H15BrN2O2. The Balaban J connectivity index is 2.69. The summed E-state index contributed by atoms with van der Waals surface area (Å²) >= 11 is 3.34. The molecule has 0 radical (unpaired) electrons. The van der Waals surface area contributed by atoms with Gasteiger partial charge in [-0.15, -0.1) is 0 Å². The Morgan fingerprint density at radius 2 is 2.07 bits per heavy atom. The van der Waals surface area contributed by atoms with Crippen molar-refractivity contribution in [2.45, 2.75) is 32.7 Å². The van der Waals surface area contributed by atoms with Gasteiger partial charge in [0.2, 0.25) is 0 Å². The lowest BCUT2D eigenvalue weighted by atomic mass is 10.2. The highest BCUT2D eigenvalue weighted by Crippen LogP contribution is 1.98. The average molecular weight is 275 g/mol. The molecule has 0 atom stereocenters. The molecule has 0 unspecified atom stereocenters. The third kappa shape index (κ3) is 3.66. The molecule has 15 heavy (non-hydrogen) atoms. The van der Waals surface area contributed by atoms with Crippen LogP contribution >= 0.6 is 15.9 Å². The van der Waals surface area contributed by atoms with E-state index in [4.69, 9.17) is 0 Å². The van der Waals surface area contributed by atoms with E-state index in [2.05, 4.69) is 20.9 Å². The Hall–Kier alpha value is -0.840. The SMILES string of the molecule is Cc1cc(=O)n(CCCCCBr)c(=O)[nH]1. The van der Waals surface area contributed by atoms with Crippen molar-refractivity contribution in [3.8, 4) is 0 Å².